The highest BCUT2D eigenvalue weighted by molar-refractivity contribution is 8.18. The summed E-state index contributed by atoms with van der Waals surface area (Å²) in [4.78, 5) is 40.7. The molecule has 1 amide bonds. The van der Waals surface area contributed by atoms with E-state index < -0.39 is 18.1 Å². The van der Waals surface area contributed by atoms with Crippen LogP contribution in [0.5, 0.6) is 0 Å². The fourth-order valence-corrected chi connectivity index (χ4v) is 5.31. The molecular weight excluding hydrogens is 523 g/mol. The highest BCUT2D eigenvalue weighted by Gasteiger charge is 2.40. The average Bonchev–Trinajstić information content (AvgIpc) is 3.23. The zero-order valence-corrected chi connectivity index (χ0v) is 20.8. The van der Waals surface area contributed by atoms with Gasteiger partial charge in [-0.05, 0) is 66.4 Å². The number of thioether (sulfide) groups is 1. The molecule has 0 bridgehead atoms. The number of hydrogen-bond donors (Lipinski definition) is 3. The standard InChI is InChI=1S/C24H23N3O3S.C2HF3O2/c28-22(21-20(17-3-1-4-17)27-14-2-13-25-24(27)31-21)26-19-11-9-16(10-12-19)15-5-7-18(8-6-15)23(29)30;3-2(4,5)1(6)7/h5-12,17H,1-4,13-14H2,(H,26,28)(H,29,30);(H,6,7). The second-order valence-corrected chi connectivity index (χ2v) is 9.81. The molecule has 5 rings (SSSR count). The van der Waals surface area contributed by atoms with Crippen molar-refractivity contribution in [1.82, 2.24) is 4.90 Å². The van der Waals surface area contributed by atoms with Gasteiger partial charge < -0.3 is 20.4 Å². The fraction of sp³-hybridized carbons (Fsp3) is 0.308. The summed E-state index contributed by atoms with van der Waals surface area (Å²) in [7, 11) is 0. The van der Waals surface area contributed by atoms with Gasteiger partial charge in [-0.25, -0.2) is 9.59 Å². The van der Waals surface area contributed by atoms with Crippen LogP contribution in [0.15, 0.2) is 64.1 Å². The van der Waals surface area contributed by atoms with Crippen molar-refractivity contribution in [3.8, 4) is 11.1 Å². The molecule has 0 spiro atoms. The van der Waals surface area contributed by atoms with Gasteiger partial charge in [-0.2, -0.15) is 13.2 Å². The van der Waals surface area contributed by atoms with E-state index in [1.54, 1.807) is 24.3 Å². The van der Waals surface area contributed by atoms with Gasteiger partial charge in [-0.3, -0.25) is 9.79 Å². The van der Waals surface area contributed by atoms with Crippen molar-refractivity contribution in [3.63, 3.8) is 0 Å². The van der Waals surface area contributed by atoms with Crippen molar-refractivity contribution in [1.29, 1.82) is 0 Å². The van der Waals surface area contributed by atoms with Crippen LogP contribution in [0.25, 0.3) is 11.1 Å². The Bertz CT molecular complexity index is 1290. The number of allylic oxidation sites excluding steroid dienone is 1. The van der Waals surface area contributed by atoms with Crippen LogP contribution in [-0.2, 0) is 9.59 Å². The molecule has 1 fully saturated rings. The van der Waals surface area contributed by atoms with Crippen molar-refractivity contribution in [2.75, 3.05) is 18.4 Å². The number of benzene rings is 2. The number of fused-ring (bicyclic) bond motifs is 1. The first-order valence-electron chi connectivity index (χ1n) is 11.8. The molecule has 0 radical (unpaired) electrons. The first-order chi connectivity index (χ1) is 18.0. The SMILES string of the molecule is O=C(Nc1ccc(-c2ccc(C(=O)O)cc2)cc1)C1=C(C2CCC2)N2CCCN=C2S1.O=C(O)C(F)(F)F. The minimum absolute atomic E-state index is 0.0671. The normalized spacial score (nSPS) is 17.0. The monoisotopic (exact) mass is 547 g/mol. The summed E-state index contributed by atoms with van der Waals surface area (Å²) < 4.78 is 31.7. The fourth-order valence-electron chi connectivity index (χ4n) is 4.15. The number of carboxylic acids is 2. The van der Waals surface area contributed by atoms with Crippen molar-refractivity contribution < 1.29 is 37.8 Å². The van der Waals surface area contributed by atoms with E-state index in [0.29, 0.717) is 5.92 Å². The van der Waals surface area contributed by atoms with Crippen molar-refractivity contribution in [2.24, 2.45) is 10.9 Å². The molecule has 3 aliphatic rings. The quantitative estimate of drug-likeness (QED) is 0.456. The molecule has 2 aromatic carbocycles. The molecule has 1 saturated carbocycles. The summed E-state index contributed by atoms with van der Waals surface area (Å²) in [5.74, 6) is -3.29. The zero-order chi connectivity index (χ0) is 27.4. The number of halogens is 3. The predicted octanol–water partition coefficient (Wildman–Crippen LogP) is 5.44. The van der Waals surface area contributed by atoms with E-state index >= 15 is 0 Å². The lowest BCUT2D eigenvalue weighted by molar-refractivity contribution is -0.192. The Kier molecular flexibility index (Phi) is 8.10. The smallest absolute Gasteiger partial charge is 0.478 e. The molecule has 38 heavy (non-hydrogen) atoms. The van der Waals surface area contributed by atoms with E-state index in [2.05, 4.69) is 15.2 Å². The molecule has 2 aliphatic heterocycles. The number of nitrogens with zero attached hydrogens (tertiary/aromatic N) is 2. The van der Waals surface area contributed by atoms with Gasteiger partial charge in [-0.1, -0.05) is 30.7 Å². The average molecular weight is 548 g/mol. The van der Waals surface area contributed by atoms with Crippen molar-refractivity contribution >= 4 is 40.5 Å². The maximum Gasteiger partial charge on any atom is 0.490 e. The van der Waals surface area contributed by atoms with Crippen LogP contribution < -0.4 is 5.32 Å². The van der Waals surface area contributed by atoms with Gasteiger partial charge in [0.25, 0.3) is 5.91 Å². The number of carbonyl (C=O) groups excluding carboxylic acids is 1. The topological polar surface area (TPSA) is 119 Å². The second kappa shape index (κ2) is 11.3. The molecule has 1 aliphatic carbocycles. The number of carboxylic acid groups (broad SMARTS) is 2. The minimum atomic E-state index is -5.08. The number of aliphatic carboxylic acids is 1. The van der Waals surface area contributed by atoms with Gasteiger partial charge in [-0.15, -0.1) is 0 Å². The first-order valence-corrected chi connectivity index (χ1v) is 12.7. The van der Waals surface area contributed by atoms with Crippen LogP contribution in [0.4, 0.5) is 18.9 Å². The second-order valence-electron chi connectivity index (χ2n) is 8.83. The Morgan fingerprint density at radius 2 is 1.53 bits per heavy atom. The molecule has 0 unspecified atom stereocenters. The molecule has 200 valence electrons. The lowest BCUT2D eigenvalue weighted by atomic mass is 9.82. The van der Waals surface area contributed by atoms with Crippen LogP contribution in [-0.4, -0.2) is 57.4 Å². The van der Waals surface area contributed by atoms with Gasteiger partial charge >= 0.3 is 18.1 Å². The molecule has 8 nitrogen and oxygen atoms in total. The van der Waals surface area contributed by atoms with E-state index in [1.807, 2.05) is 24.3 Å². The van der Waals surface area contributed by atoms with E-state index in [1.165, 1.54) is 23.9 Å². The summed E-state index contributed by atoms with van der Waals surface area (Å²) in [6, 6.07) is 14.4. The van der Waals surface area contributed by atoms with Crippen LogP contribution in [0.3, 0.4) is 0 Å². The molecule has 2 heterocycles. The molecule has 12 heteroatoms. The van der Waals surface area contributed by atoms with Gasteiger partial charge in [0, 0.05) is 30.4 Å². The largest absolute Gasteiger partial charge is 0.490 e. The number of alkyl halides is 3. The number of aliphatic imine (C=N–C) groups is 1. The van der Waals surface area contributed by atoms with Crippen LogP contribution in [0.2, 0.25) is 0 Å². The summed E-state index contributed by atoms with van der Waals surface area (Å²) in [6.07, 6.45) is -0.537. The van der Waals surface area contributed by atoms with Gasteiger partial charge in [0.2, 0.25) is 0 Å². The Balaban J connectivity index is 0.000000426. The van der Waals surface area contributed by atoms with Gasteiger partial charge in [0.1, 0.15) is 4.91 Å². The van der Waals surface area contributed by atoms with Crippen LogP contribution in [0, 0.1) is 5.92 Å². The van der Waals surface area contributed by atoms with E-state index in [-0.39, 0.29) is 11.5 Å². The predicted molar refractivity (Wildman–Crippen MR) is 137 cm³/mol. The number of nitrogens with one attached hydrogen (secondary N) is 1. The van der Waals surface area contributed by atoms with E-state index in [4.69, 9.17) is 15.0 Å². The van der Waals surface area contributed by atoms with Crippen molar-refractivity contribution in [3.05, 3.63) is 64.7 Å². The number of rotatable bonds is 5. The Morgan fingerprint density at radius 1 is 0.947 bits per heavy atom. The van der Waals surface area contributed by atoms with E-state index in [0.717, 1.165) is 59.2 Å². The van der Waals surface area contributed by atoms with Gasteiger partial charge in [0.05, 0.1) is 5.56 Å². The van der Waals surface area contributed by atoms with Crippen LogP contribution in [0.1, 0.15) is 36.0 Å². The summed E-state index contributed by atoms with van der Waals surface area (Å²) in [6.45, 7) is 1.78. The lowest BCUT2D eigenvalue weighted by Crippen LogP contribution is -2.34. The summed E-state index contributed by atoms with van der Waals surface area (Å²) >= 11 is 1.51. The maximum absolute atomic E-state index is 13.1. The molecular formula is C26H24F3N3O5S. The molecule has 0 saturated heterocycles. The number of amides is 1. The van der Waals surface area contributed by atoms with E-state index in [9.17, 15) is 22.8 Å². The minimum Gasteiger partial charge on any atom is -0.478 e. The Hall–Kier alpha value is -3.80. The van der Waals surface area contributed by atoms with Crippen LogP contribution >= 0.6 is 11.8 Å². The number of carbonyl (C=O) groups is 3. The number of hydrogen-bond acceptors (Lipinski definition) is 6. The molecule has 2 aromatic rings. The molecule has 3 N–H and O–H groups in total. The third-order valence-corrected chi connectivity index (χ3v) is 7.41. The first kappa shape index (κ1) is 27.2. The lowest BCUT2D eigenvalue weighted by Gasteiger charge is -2.34. The van der Waals surface area contributed by atoms with Gasteiger partial charge in [0.15, 0.2) is 5.17 Å². The summed E-state index contributed by atoms with van der Waals surface area (Å²) in [5.41, 5.74) is 4.06. The number of anilines is 1. The third-order valence-electron chi connectivity index (χ3n) is 6.28. The Labute approximate surface area is 220 Å². The highest BCUT2D eigenvalue weighted by atomic mass is 32.2. The zero-order valence-electron chi connectivity index (χ0n) is 20.0. The highest BCUT2D eigenvalue weighted by Crippen LogP contribution is 2.46. The third kappa shape index (κ3) is 6.18. The maximum atomic E-state index is 13.1. The number of amidine groups is 1. The molecule has 0 atom stereocenters. The molecule has 0 aromatic heterocycles. The Morgan fingerprint density at radius 3 is 2.03 bits per heavy atom. The van der Waals surface area contributed by atoms with Crippen molar-refractivity contribution in [2.45, 2.75) is 31.9 Å². The summed E-state index contributed by atoms with van der Waals surface area (Å²) in [5, 5.41) is 20.2. The number of aromatic carboxylic acids is 1.